The van der Waals surface area contributed by atoms with Gasteiger partial charge in [0.1, 0.15) is 5.75 Å². The smallest absolute Gasteiger partial charge is 0.302 e. The normalized spacial score (nSPS) is 14.9. The number of hydrogen-bond donors (Lipinski definition) is 1. The van der Waals surface area contributed by atoms with Crippen molar-refractivity contribution in [1.82, 2.24) is 5.01 Å². The Labute approximate surface area is 200 Å². The molecule has 1 N–H and O–H groups in total. The molecule has 0 aliphatic carbocycles. The van der Waals surface area contributed by atoms with Gasteiger partial charge in [-0.15, -0.1) is 0 Å². The van der Waals surface area contributed by atoms with Crippen molar-refractivity contribution in [2.75, 3.05) is 44.8 Å². The van der Waals surface area contributed by atoms with Gasteiger partial charge in [0, 0.05) is 24.2 Å². The van der Waals surface area contributed by atoms with E-state index in [0.29, 0.717) is 25.4 Å². The number of benzene rings is 2. The van der Waals surface area contributed by atoms with E-state index < -0.39 is 0 Å². The van der Waals surface area contributed by atoms with Crippen molar-refractivity contribution in [3.8, 4) is 5.75 Å². The van der Waals surface area contributed by atoms with Crippen LogP contribution in [0.25, 0.3) is 0 Å². The van der Waals surface area contributed by atoms with Crippen LogP contribution in [0.15, 0.2) is 47.6 Å². The van der Waals surface area contributed by atoms with Gasteiger partial charge in [0.15, 0.2) is 0 Å². The fraction of sp³-hybridized carbons (Fsp3) is 0.423. The van der Waals surface area contributed by atoms with E-state index in [1.165, 1.54) is 12.5 Å². The first-order chi connectivity index (χ1) is 16.5. The van der Waals surface area contributed by atoms with Crippen LogP contribution in [-0.4, -0.2) is 62.6 Å². The molecular formula is C26H33N3O5. The molecule has 2 heterocycles. The Hall–Kier alpha value is -3.39. The van der Waals surface area contributed by atoms with Crippen molar-refractivity contribution < 1.29 is 23.8 Å². The third-order valence-electron chi connectivity index (χ3n) is 5.21. The highest BCUT2D eigenvalue weighted by Gasteiger charge is 2.12. The summed E-state index contributed by atoms with van der Waals surface area (Å²) in [6, 6.07) is 13.3. The van der Waals surface area contributed by atoms with E-state index in [1.54, 1.807) is 0 Å². The molecule has 2 aromatic carbocycles. The number of morpholine rings is 1. The van der Waals surface area contributed by atoms with E-state index in [4.69, 9.17) is 9.47 Å². The van der Waals surface area contributed by atoms with E-state index in [0.717, 1.165) is 56.0 Å². The highest BCUT2D eigenvalue weighted by Crippen LogP contribution is 2.28. The molecule has 4 rings (SSSR count). The largest absolute Gasteiger partial charge is 0.493 e. The SMILES string of the molecule is CCCOC(C)=O.O=C(Nc1ccc2c(c1)OCCC2)c1ccc(C=NN2CCOCC2)cc1. The second kappa shape index (κ2) is 13.3. The van der Waals surface area contributed by atoms with Gasteiger partial charge < -0.3 is 19.5 Å². The van der Waals surface area contributed by atoms with E-state index in [2.05, 4.69) is 15.2 Å². The summed E-state index contributed by atoms with van der Waals surface area (Å²) in [6.45, 7) is 7.70. The van der Waals surface area contributed by atoms with E-state index in [9.17, 15) is 9.59 Å². The number of amides is 1. The minimum atomic E-state index is -0.193. The number of aryl methyl sites for hydroxylation is 1. The molecule has 2 aliphatic heterocycles. The Morgan fingerprint density at radius 1 is 1.12 bits per heavy atom. The Balaban J connectivity index is 0.000000406. The van der Waals surface area contributed by atoms with Gasteiger partial charge in [-0.1, -0.05) is 25.1 Å². The van der Waals surface area contributed by atoms with Crippen LogP contribution in [0, 0.1) is 0 Å². The number of nitrogens with one attached hydrogen (secondary N) is 1. The van der Waals surface area contributed by atoms with Gasteiger partial charge in [0.05, 0.1) is 45.7 Å². The number of carbonyl (C=O) groups is 2. The minimum Gasteiger partial charge on any atom is -0.493 e. The van der Waals surface area contributed by atoms with Gasteiger partial charge >= 0.3 is 5.97 Å². The number of fused-ring (bicyclic) bond motifs is 1. The third kappa shape index (κ3) is 8.19. The monoisotopic (exact) mass is 467 g/mol. The summed E-state index contributed by atoms with van der Waals surface area (Å²) in [5, 5.41) is 9.38. The second-order valence-corrected chi connectivity index (χ2v) is 8.00. The molecule has 8 heteroatoms. The lowest BCUT2D eigenvalue weighted by atomic mass is 10.1. The Morgan fingerprint density at radius 3 is 2.56 bits per heavy atom. The maximum absolute atomic E-state index is 12.5. The van der Waals surface area contributed by atoms with Crippen molar-refractivity contribution in [1.29, 1.82) is 0 Å². The van der Waals surface area contributed by atoms with Crippen LogP contribution in [0.3, 0.4) is 0 Å². The van der Waals surface area contributed by atoms with Gasteiger partial charge in [-0.3, -0.25) is 14.6 Å². The summed E-state index contributed by atoms with van der Waals surface area (Å²) in [4.78, 5) is 22.5. The fourth-order valence-electron chi connectivity index (χ4n) is 3.41. The molecule has 1 amide bonds. The molecule has 0 bridgehead atoms. The number of carbonyl (C=O) groups excluding carboxylic acids is 2. The first-order valence-corrected chi connectivity index (χ1v) is 11.7. The van der Waals surface area contributed by atoms with Crippen molar-refractivity contribution >= 4 is 23.8 Å². The van der Waals surface area contributed by atoms with Crippen LogP contribution in [-0.2, 0) is 20.7 Å². The summed E-state index contributed by atoms with van der Waals surface area (Å²) in [5.74, 6) is 0.540. The number of hydrogen-bond acceptors (Lipinski definition) is 7. The van der Waals surface area contributed by atoms with E-state index in [1.807, 2.05) is 60.6 Å². The second-order valence-electron chi connectivity index (χ2n) is 8.00. The quantitative estimate of drug-likeness (QED) is 0.512. The van der Waals surface area contributed by atoms with Gasteiger partial charge in [-0.2, -0.15) is 5.10 Å². The highest BCUT2D eigenvalue weighted by molar-refractivity contribution is 6.04. The van der Waals surface area contributed by atoms with Crippen LogP contribution in [0.4, 0.5) is 5.69 Å². The van der Waals surface area contributed by atoms with Crippen LogP contribution in [0.1, 0.15) is 48.2 Å². The molecule has 0 atom stereocenters. The Bertz CT molecular complexity index is 969. The van der Waals surface area contributed by atoms with Crippen molar-refractivity contribution in [2.24, 2.45) is 5.10 Å². The maximum Gasteiger partial charge on any atom is 0.302 e. The number of ether oxygens (including phenoxy) is 3. The lowest BCUT2D eigenvalue weighted by Gasteiger charge is -2.23. The molecule has 0 spiro atoms. The van der Waals surface area contributed by atoms with E-state index in [-0.39, 0.29) is 11.9 Å². The zero-order valence-corrected chi connectivity index (χ0v) is 19.9. The first-order valence-electron chi connectivity index (χ1n) is 11.7. The molecule has 2 aromatic rings. The summed E-state index contributed by atoms with van der Waals surface area (Å²) >= 11 is 0. The van der Waals surface area contributed by atoms with Crippen molar-refractivity contribution in [3.63, 3.8) is 0 Å². The molecule has 2 aliphatic rings. The molecule has 1 saturated heterocycles. The standard InChI is InChI=1S/C21H23N3O3.C5H10O2/c25-21(23-19-8-7-17-2-1-11-27-20(17)14-19)18-5-3-16(4-6-18)15-22-24-9-12-26-13-10-24;1-3-4-7-5(2)6/h3-8,14-15H,1-2,9-13H2,(H,23,25);3-4H2,1-2H3. The molecule has 34 heavy (non-hydrogen) atoms. The average Bonchev–Trinajstić information content (AvgIpc) is 2.87. The van der Waals surface area contributed by atoms with Crippen LogP contribution in [0.5, 0.6) is 5.75 Å². The average molecular weight is 468 g/mol. The maximum atomic E-state index is 12.5. The van der Waals surface area contributed by atoms with Crippen LogP contribution >= 0.6 is 0 Å². The molecule has 0 unspecified atom stereocenters. The van der Waals surface area contributed by atoms with Crippen LogP contribution in [0.2, 0.25) is 0 Å². The first kappa shape index (κ1) is 25.2. The van der Waals surface area contributed by atoms with Gasteiger partial charge in [0.25, 0.3) is 5.91 Å². The molecule has 0 radical (unpaired) electrons. The highest BCUT2D eigenvalue weighted by atomic mass is 16.5. The molecule has 182 valence electrons. The Kier molecular flexibility index (Phi) is 9.91. The summed E-state index contributed by atoms with van der Waals surface area (Å²) in [5.41, 5.74) is 3.51. The van der Waals surface area contributed by atoms with Gasteiger partial charge in [-0.05, 0) is 48.6 Å². The number of anilines is 1. The lowest BCUT2D eigenvalue weighted by Crippen LogP contribution is -2.32. The lowest BCUT2D eigenvalue weighted by molar-refractivity contribution is -0.140. The molecule has 8 nitrogen and oxygen atoms in total. The fourth-order valence-corrected chi connectivity index (χ4v) is 3.41. The molecule has 1 fully saturated rings. The summed E-state index contributed by atoms with van der Waals surface area (Å²) in [7, 11) is 0. The molecule has 0 aromatic heterocycles. The zero-order chi connectivity index (χ0) is 24.2. The van der Waals surface area contributed by atoms with E-state index >= 15 is 0 Å². The number of nitrogens with zero attached hydrogens (tertiary/aromatic N) is 2. The predicted octanol–water partition coefficient (Wildman–Crippen LogP) is 3.89. The number of esters is 1. The van der Waals surface area contributed by atoms with Gasteiger partial charge in [-0.25, -0.2) is 0 Å². The zero-order valence-electron chi connectivity index (χ0n) is 19.9. The predicted molar refractivity (Wildman–Crippen MR) is 132 cm³/mol. The topological polar surface area (TPSA) is 89.5 Å². The van der Waals surface area contributed by atoms with Crippen LogP contribution < -0.4 is 10.1 Å². The van der Waals surface area contributed by atoms with Crippen molar-refractivity contribution in [2.45, 2.75) is 33.1 Å². The minimum absolute atomic E-state index is 0.137. The number of rotatable bonds is 6. The number of hydrazone groups is 1. The van der Waals surface area contributed by atoms with Crippen molar-refractivity contribution in [3.05, 3.63) is 59.2 Å². The molecular weight excluding hydrogens is 434 g/mol. The third-order valence-corrected chi connectivity index (χ3v) is 5.21. The Morgan fingerprint density at radius 2 is 1.88 bits per heavy atom. The van der Waals surface area contributed by atoms with Gasteiger partial charge in [0.2, 0.25) is 0 Å². The summed E-state index contributed by atoms with van der Waals surface area (Å²) < 4.78 is 15.5. The molecule has 0 saturated carbocycles. The summed E-state index contributed by atoms with van der Waals surface area (Å²) in [6.07, 6.45) is 4.78.